The molecule has 0 aromatic heterocycles. The molecule has 1 aromatic rings. The summed E-state index contributed by atoms with van der Waals surface area (Å²) in [6, 6.07) is 5.55. The van der Waals surface area contributed by atoms with Gasteiger partial charge in [-0.3, -0.25) is 0 Å². The van der Waals surface area contributed by atoms with Crippen molar-refractivity contribution in [1.29, 1.82) is 0 Å². The van der Waals surface area contributed by atoms with E-state index in [1.54, 1.807) is 12.1 Å². The Kier molecular flexibility index (Phi) is 2.78. The molecule has 1 heteroatoms. The van der Waals surface area contributed by atoms with Gasteiger partial charge in [0.2, 0.25) is 0 Å². The minimum Gasteiger partial charge on any atom is -0.207 e. The van der Waals surface area contributed by atoms with Crippen molar-refractivity contribution < 1.29 is 4.39 Å². The second-order valence-corrected chi connectivity index (χ2v) is 7.78. The minimum absolute atomic E-state index is 0.0580. The van der Waals surface area contributed by atoms with E-state index >= 15 is 0 Å². The van der Waals surface area contributed by atoms with Gasteiger partial charge in [0.25, 0.3) is 0 Å². The maximum Gasteiger partial charge on any atom is 0.123 e. The molecule has 1 aromatic carbocycles. The normalized spacial score (nSPS) is 42.8. The highest BCUT2D eigenvalue weighted by molar-refractivity contribution is 5.35. The fraction of sp³-hybridized carbons (Fsp3) is 0.684. The number of aryl methyl sites for hydroxylation is 1. The third kappa shape index (κ3) is 1.64. The predicted molar refractivity (Wildman–Crippen MR) is 80.2 cm³/mol. The second kappa shape index (κ2) is 4.32. The van der Waals surface area contributed by atoms with E-state index in [4.69, 9.17) is 0 Å². The van der Waals surface area contributed by atoms with Crippen LogP contribution in [0.2, 0.25) is 0 Å². The van der Waals surface area contributed by atoms with Gasteiger partial charge in [-0.2, -0.15) is 0 Å². The first-order valence-electron chi connectivity index (χ1n) is 8.38. The molecule has 0 nitrogen and oxygen atoms in total. The molecule has 2 fully saturated rings. The highest BCUT2D eigenvalue weighted by atomic mass is 18.2. The Balaban J connectivity index is 1.71. The number of fused-ring (bicyclic) bond motifs is 5. The van der Waals surface area contributed by atoms with E-state index in [1.807, 2.05) is 0 Å². The molecule has 0 N–H and O–H groups in total. The fourth-order valence-corrected chi connectivity index (χ4v) is 5.81. The Morgan fingerprint density at radius 1 is 1.15 bits per heavy atom. The number of halogens is 1. The van der Waals surface area contributed by atoms with Gasteiger partial charge in [0.1, 0.15) is 5.82 Å². The standard InChI is InChI=1S/C19H25F/c1-12-3-8-18-17-6-4-13-11-14(20)5-7-15(13)16(17)9-10-19(12,18)2/h5,7,11-12,16-18H,3-4,6,8-10H2,1-2H3/t12-,16+,17+,18-,19+/m0/s1/i20-1. The van der Waals surface area contributed by atoms with Gasteiger partial charge in [-0.15, -0.1) is 0 Å². The van der Waals surface area contributed by atoms with Crippen molar-refractivity contribution in [2.45, 2.75) is 58.3 Å². The smallest absolute Gasteiger partial charge is 0.123 e. The number of hydrogen-bond donors (Lipinski definition) is 0. The summed E-state index contributed by atoms with van der Waals surface area (Å²) in [7, 11) is 0. The lowest BCUT2D eigenvalue weighted by Crippen LogP contribution is -2.41. The summed E-state index contributed by atoms with van der Waals surface area (Å²) in [4.78, 5) is 0. The van der Waals surface area contributed by atoms with Crippen molar-refractivity contribution in [2.24, 2.45) is 23.2 Å². The maximum atomic E-state index is 13.4. The fourth-order valence-electron chi connectivity index (χ4n) is 5.81. The molecule has 0 radical (unpaired) electrons. The van der Waals surface area contributed by atoms with Crippen LogP contribution in [0.5, 0.6) is 0 Å². The van der Waals surface area contributed by atoms with Gasteiger partial charge in [0, 0.05) is 0 Å². The summed E-state index contributed by atoms with van der Waals surface area (Å²) in [6.07, 6.45) is 7.91. The van der Waals surface area contributed by atoms with Gasteiger partial charge in [-0.1, -0.05) is 19.9 Å². The minimum atomic E-state index is -0.0580. The number of hydrogen-bond acceptors (Lipinski definition) is 0. The van der Waals surface area contributed by atoms with Crippen molar-refractivity contribution in [3.8, 4) is 0 Å². The zero-order valence-electron chi connectivity index (χ0n) is 12.7. The number of benzene rings is 1. The predicted octanol–water partition coefficient (Wildman–Crippen LogP) is 5.32. The van der Waals surface area contributed by atoms with Crippen molar-refractivity contribution >= 4 is 0 Å². The third-order valence-corrected chi connectivity index (χ3v) is 7.16. The van der Waals surface area contributed by atoms with Crippen LogP contribution in [0.3, 0.4) is 0 Å². The van der Waals surface area contributed by atoms with Crippen LogP contribution >= 0.6 is 0 Å². The average molecular weight is 271 g/mol. The lowest BCUT2D eigenvalue weighted by molar-refractivity contribution is 0.0336. The van der Waals surface area contributed by atoms with Crippen LogP contribution in [-0.2, 0) is 6.42 Å². The molecule has 0 amide bonds. The topological polar surface area (TPSA) is 0 Å². The van der Waals surface area contributed by atoms with Crippen molar-refractivity contribution in [3.63, 3.8) is 0 Å². The molecule has 0 heterocycles. The summed E-state index contributed by atoms with van der Waals surface area (Å²) >= 11 is 0. The summed E-state index contributed by atoms with van der Waals surface area (Å²) in [6.45, 7) is 5.01. The molecule has 0 aliphatic heterocycles. The number of rotatable bonds is 0. The molecule has 0 saturated heterocycles. The molecule has 5 atom stereocenters. The van der Waals surface area contributed by atoms with Gasteiger partial charge in [-0.25, -0.2) is 4.39 Å². The van der Waals surface area contributed by atoms with Gasteiger partial charge >= 0.3 is 0 Å². The van der Waals surface area contributed by atoms with Gasteiger partial charge in [0.15, 0.2) is 0 Å². The maximum absolute atomic E-state index is 13.4. The van der Waals surface area contributed by atoms with E-state index in [0.717, 1.165) is 24.2 Å². The molecule has 0 spiro atoms. The molecule has 3 aliphatic carbocycles. The molecule has 4 rings (SSSR count). The Bertz CT molecular complexity index is 535. The highest BCUT2D eigenvalue weighted by Gasteiger charge is 2.53. The van der Waals surface area contributed by atoms with Crippen LogP contribution < -0.4 is 0 Å². The summed E-state index contributed by atoms with van der Waals surface area (Å²) in [5, 5.41) is 0. The molecule has 2 saturated carbocycles. The first kappa shape index (κ1) is 12.9. The SMILES string of the molecule is C[C@H]1CC[C@H]2[C@@H]3CCc4cc([18F])ccc4[C@H]3CC[C@]12C. The highest BCUT2D eigenvalue weighted by Crippen LogP contribution is 2.62. The van der Waals surface area contributed by atoms with Crippen LogP contribution in [0, 0.1) is 29.0 Å². The van der Waals surface area contributed by atoms with Crippen LogP contribution in [0.1, 0.15) is 63.0 Å². The van der Waals surface area contributed by atoms with E-state index in [9.17, 15) is 4.39 Å². The molecule has 108 valence electrons. The average Bonchev–Trinajstić information content (AvgIpc) is 2.74. The molecule has 3 aliphatic rings. The van der Waals surface area contributed by atoms with E-state index in [1.165, 1.54) is 43.2 Å². The summed E-state index contributed by atoms with van der Waals surface area (Å²) in [5.74, 6) is 3.31. The van der Waals surface area contributed by atoms with Crippen LogP contribution in [0.15, 0.2) is 18.2 Å². The first-order chi connectivity index (χ1) is 9.59. The van der Waals surface area contributed by atoms with E-state index in [-0.39, 0.29) is 5.82 Å². The Labute approximate surface area is 121 Å². The second-order valence-electron chi connectivity index (χ2n) is 7.78. The lowest BCUT2D eigenvalue weighted by Gasteiger charge is -2.50. The van der Waals surface area contributed by atoms with Gasteiger partial charge in [0.05, 0.1) is 0 Å². The molecular weight excluding hydrogens is 246 g/mol. The summed E-state index contributed by atoms with van der Waals surface area (Å²) < 4.78 is 13.4. The Morgan fingerprint density at radius 2 is 2.00 bits per heavy atom. The van der Waals surface area contributed by atoms with E-state index < -0.39 is 0 Å². The van der Waals surface area contributed by atoms with Crippen molar-refractivity contribution in [3.05, 3.63) is 35.1 Å². The van der Waals surface area contributed by atoms with E-state index in [2.05, 4.69) is 19.9 Å². The summed E-state index contributed by atoms with van der Waals surface area (Å²) in [5.41, 5.74) is 3.35. The van der Waals surface area contributed by atoms with Crippen LogP contribution in [0.25, 0.3) is 0 Å². The van der Waals surface area contributed by atoms with Gasteiger partial charge in [-0.05, 0) is 90.9 Å². The van der Waals surface area contributed by atoms with Crippen molar-refractivity contribution in [2.75, 3.05) is 0 Å². The molecule has 0 bridgehead atoms. The quantitative estimate of drug-likeness (QED) is 0.599. The Morgan fingerprint density at radius 3 is 2.85 bits per heavy atom. The van der Waals surface area contributed by atoms with Gasteiger partial charge < -0.3 is 0 Å². The van der Waals surface area contributed by atoms with Crippen LogP contribution in [0.4, 0.5) is 4.39 Å². The monoisotopic (exact) mass is 271 g/mol. The molecular formula is C19H25F. The molecule has 0 unspecified atom stereocenters. The first-order valence-corrected chi connectivity index (χ1v) is 8.38. The zero-order valence-corrected chi connectivity index (χ0v) is 12.7. The Hall–Kier alpha value is -0.850. The largest absolute Gasteiger partial charge is 0.207 e. The third-order valence-electron chi connectivity index (χ3n) is 7.16. The van der Waals surface area contributed by atoms with Crippen LogP contribution in [-0.4, -0.2) is 0 Å². The van der Waals surface area contributed by atoms with Crippen molar-refractivity contribution in [1.82, 2.24) is 0 Å². The lowest BCUT2D eigenvalue weighted by atomic mass is 9.54. The van der Waals surface area contributed by atoms with E-state index in [0.29, 0.717) is 11.3 Å². The molecule has 20 heavy (non-hydrogen) atoms. The zero-order chi connectivity index (χ0) is 13.9.